The fraction of sp³-hybridized carbons (Fsp3) is 0.0667. The van der Waals surface area contributed by atoms with Crippen molar-refractivity contribution in [1.82, 2.24) is 10.6 Å². The smallest absolute Gasteiger partial charge is 0.269 e. The molecule has 2 heterocycles. The summed E-state index contributed by atoms with van der Waals surface area (Å²) in [7, 11) is 0. The number of aliphatic imine (C=N–C) groups is 4. The van der Waals surface area contributed by atoms with Gasteiger partial charge >= 0.3 is 0 Å². The van der Waals surface area contributed by atoms with Gasteiger partial charge in [-0.1, -0.05) is 48.5 Å². The lowest BCUT2D eigenvalue weighted by molar-refractivity contribution is -0.385. The Bertz CT molecular complexity index is 1800. The molecule has 16 nitrogen and oxygen atoms in total. The zero-order chi connectivity index (χ0) is 32.2. The highest BCUT2D eigenvalue weighted by molar-refractivity contribution is 6.06. The molecule has 0 aromatic heterocycles. The van der Waals surface area contributed by atoms with Crippen LogP contribution in [0, 0.1) is 20.2 Å². The average Bonchev–Trinajstić information content (AvgIpc) is 3.05. The molecule has 6 rings (SSSR count). The second-order valence-electron chi connectivity index (χ2n) is 10.1. The quantitative estimate of drug-likeness (QED) is 0.129. The Hall–Kier alpha value is -6.84. The molecule has 0 aliphatic carbocycles. The van der Waals surface area contributed by atoms with E-state index in [9.17, 15) is 20.2 Å². The van der Waals surface area contributed by atoms with Crippen molar-refractivity contribution >= 4 is 46.6 Å². The molecule has 16 heteroatoms. The number of nitrogens with zero attached hydrogens (tertiary/aromatic N) is 6. The Kier molecular flexibility index (Phi) is 7.89. The first-order chi connectivity index (χ1) is 22.2. The molecule has 0 saturated heterocycles. The van der Waals surface area contributed by atoms with Crippen molar-refractivity contribution in [3.05, 3.63) is 128 Å². The minimum atomic E-state index is -0.737. The minimum Gasteiger partial charge on any atom is -0.370 e. The number of non-ortho nitro benzene ring substituents is 2. The van der Waals surface area contributed by atoms with Crippen LogP contribution in [0.1, 0.15) is 23.5 Å². The second kappa shape index (κ2) is 12.4. The van der Waals surface area contributed by atoms with Gasteiger partial charge in [-0.05, 0) is 35.4 Å². The number of nitrogens with two attached hydrogens (primary N) is 2. The zero-order valence-corrected chi connectivity index (χ0v) is 23.9. The monoisotopic (exact) mass is 618 g/mol. The Morgan fingerprint density at radius 3 is 1.35 bits per heavy atom. The van der Waals surface area contributed by atoms with Crippen molar-refractivity contribution in [1.29, 1.82) is 0 Å². The summed E-state index contributed by atoms with van der Waals surface area (Å²) in [5.41, 5.74) is 16.3. The van der Waals surface area contributed by atoms with E-state index in [1.165, 1.54) is 24.3 Å². The maximum atomic E-state index is 11.2. The van der Waals surface area contributed by atoms with Gasteiger partial charge < -0.3 is 22.1 Å². The number of rotatable bonds is 7. The predicted molar refractivity (Wildman–Crippen MR) is 175 cm³/mol. The lowest BCUT2D eigenvalue weighted by Crippen LogP contribution is -2.43. The highest BCUT2D eigenvalue weighted by Gasteiger charge is 2.21. The standard InChI is InChI=1S/C30H26N12O4/c31-27-35-25(19-3-1-5-23(15-19)41(43)44)37-29(39-27)33-21-11-7-17(8-12-21)18-9-13-22(14-10-18)34-30-38-26(36-28(32)40-30)20-4-2-6-24(16-20)42(45)46/h1-16,25-26H,(H4,31,33,35,37,39)(H4,32,34,36,38,40). The Balaban J connectivity index is 1.11. The van der Waals surface area contributed by atoms with Gasteiger partial charge in [0.05, 0.1) is 9.85 Å². The molecule has 8 N–H and O–H groups in total. The highest BCUT2D eigenvalue weighted by atomic mass is 16.6. The van der Waals surface area contributed by atoms with E-state index in [0.29, 0.717) is 23.0 Å². The molecular weight excluding hydrogens is 592 g/mol. The number of nitro groups is 2. The lowest BCUT2D eigenvalue weighted by atomic mass is 10.1. The number of anilines is 2. The van der Waals surface area contributed by atoms with Gasteiger partial charge in [0.15, 0.2) is 24.3 Å². The SMILES string of the molecule is NC1=NC(c2cccc([N+](=O)[O-])c2)N=C(Nc2ccc(-c3ccc(NC4=NC(c5cccc([N+](=O)[O-])c5)N=C(N)N4)cc3)cc2)N1. The van der Waals surface area contributed by atoms with E-state index in [-0.39, 0.29) is 23.3 Å². The van der Waals surface area contributed by atoms with Gasteiger partial charge in [-0.25, -0.2) is 20.0 Å². The third-order valence-corrected chi connectivity index (χ3v) is 6.91. The molecule has 2 aliphatic rings. The maximum absolute atomic E-state index is 11.2. The molecule has 0 spiro atoms. The number of benzene rings is 4. The highest BCUT2D eigenvalue weighted by Crippen LogP contribution is 2.28. The zero-order valence-electron chi connectivity index (χ0n) is 23.9. The topological polar surface area (TPSA) is 236 Å². The molecule has 0 amide bonds. The molecule has 2 aliphatic heterocycles. The number of hydrogen-bond acceptors (Lipinski definition) is 14. The summed E-state index contributed by atoms with van der Waals surface area (Å²) in [6.07, 6.45) is -1.47. The summed E-state index contributed by atoms with van der Waals surface area (Å²) in [5, 5.41) is 34.4. The van der Waals surface area contributed by atoms with Crippen molar-refractivity contribution in [2.45, 2.75) is 12.3 Å². The Morgan fingerprint density at radius 1 is 0.587 bits per heavy atom. The van der Waals surface area contributed by atoms with Crippen LogP contribution in [0.15, 0.2) is 117 Å². The van der Waals surface area contributed by atoms with Crippen LogP contribution in [0.3, 0.4) is 0 Å². The molecule has 0 saturated carbocycles. The van der Waals surface area contributed by atoms with Crippen LogP contribution in [0.4, 0.5) is 22.7 Å². The van der Waals surface area contributed by atoms with E-state index >= 15 is 0 Å². The fourth-order valence-corrected chi connectivity index (χ4v) is 4.73. The van der Waals surface area contributed by atoms with E-state index in [1.54, 1.807) is 24.3 Å². The van der Waals surface area contributed by atoms with E-state index in [2.05, 4.69) is 41.2 Å². The number of nitrogens with one attached hydrogen (secondary N) is 4. The second-order valence-corrected chi connectivity index (χ2v) is 10.1. The van der Waals surface area contributed by atoms with Gasteiger partial charge in [-0.2, -0.15) is 0 Å². The first-order valence-corrected chi connectivity index (χ1v) is 13.8. The normalized spacial score (nSPS) is 17.2. The molecule has 0 bridgehead atoms. The van der Waals surface area contributed by atoms with Crippen LogP contribution in [-0.2, 0) is 0 Å². The van der Waals surface area contributed by atoms with Gasteiger partial charge in [0, 0.05) is 46.8 Å². The van der Waals surface area contributed by atoms with E-state index in [1.807, 2.05) is 48.5 Å². The van der Waals surface area contributed by atoms with E-state index in [0.717, 1.165) is 22.5 Å². The molecule has 46 heavy (non-hydrogen) atoms. The van der Waals surface area contributed by atoms with Crippen molar-refractivity contribution in [2.75, 3.05) is 10.6 Å². The molecule has 2 unspecified atom stereocenters. The first-order valence-electron chi connectivity index (χ1n) is 13.8. The number of guanidine groups is 4. The number of hydrogen-bond donors (Lipinski definition) is 6. The summed E-state index contributed by atoms with van der Waals surface area (Å²) in [5.74, 6) is 0.959. The van der Waals surface area contributed by atoms with Crippen LogP contribution < -0.4 is 32.7 Å². The van der Waals surface area contributed by atoms with Gasteiger partial charge in [-0.3, -0.25) is 30.9 Å². The fourth-order valence-electron chi connectivity index (χ4n) is 4.73. The Morgan fingerprint density at radius 2 is 0.978 bits per heavy atom. The molecule has 2 atom stereocenters. The molecule has 0 fully saturated rings. The maximum Gasteiger partial charge on any atom is 0.269 e. The molecule has 4 aromatic carbocycles. The van der Waals surface area contributed by atoms with Crippen molar-refractivity contribution in [3.63, 3.8) is 0 Å². The summed E-state index contributed by atoms with van der Waals surface area (Å²) < 4.78 is 0. The minimum absolute atomic E-state index is 0.0563. The summed E-state index contributed by atoms with van der Waals surface area (Å²) >= 11 is 0. The van der Waals surface area contributed by atoms with Crippen molar-refractivity contribution in [3.8, 4) is 11.1 Å². The van der Waals surface area contributed by atoms with Crippen molar-refractivity contribution < 1.29 is 9.85 Å². The predicted octanol–water partition coefficient (Wildman–Crippen LogP) is 3.94. The van der Waals surface area contributed by atoms with Crippen LogP contribution in [0.25, 0.3) is 11.1 Å². The van der Waals surface area contributed by atoms with Gasteiger partial charge in [0.25, 0.3) is 11.4 Å². The largest absolute Gasteiger partial charge is 0.370 e. The van der Waals surface area contributed by atoms with Crippen LogP contribution in [0.5, 0.6) is 0 Å². The van der Waals surface area contributed by atoms with Crippen LogP contribution in [0.2, 0.25) is 0 Å². The summed E-state index contributed by atoms with van der Waals surface area (Å²) in [6, 6.07) is 27.5. The molecule has 4 aromatic rings. The van der Waals surface area contributed by atoms with Gasteiger partial charge in [0.2, 0.25) is 11.9 Å². The summed E-state index contributed by atoms with van der Waals surface area (Å²) in [6.45, 7) is 0. The van der Waals surface area contributed by atoms with Crippen molar-refractivity contribution in [2.24, 2.45) is 31.4 Å². The molecule has 230 valence electrons. The summed E-state index contributed by atoms with van der Waals surface area (Å²) in [4.78, 5) is 38.9. The van der Waals surface area contributed by atoms with Crippen LogP contribution >= 0.6 is 0 Å². The van der Waals surface area contributed by atoms with E-state index < -0.39 is 22.2 Å². The first kappa shape index (κ1) is 29.2. The molecular formula is C30H26N12O4. The third kappa shape index (κ3) is 6.70. The Labute approximate surface area is 261 Å². The number of nitro benzene ring substituents is 2. The van der Waals surface area contributed by atoms with Crippen LogP contribution in [-0.4, -0.2) is 33.7 Å². The van der Waals surface area contributed by atoms with Gasteiger partial charge in [0.1, 0.15) is 0 Å². The average molecular weight is 619 g/mol. The molecule has 0 radical (unpaired) electrons. The lowest BCUT2D eigenvalue weighted by Gasteiger charge is -2.20. The third-order valence-electron chi connectivity index (χ3n) is 6.91. The van der Waals surface area contributed by atoms with E-state index in [4.69, 9.17) is 11.5 Å². The van der Waals surface area contributed by atoms with Gasteiger partial charge in [-0.15, -0.1) is 0 Å².